The first-order valence-electron chi connectivity index (χ1n) is 6.77. The molecular formula is C14H20N2O3. The zero-order valence-corrected chi connectivity index (χ0v) is 11.2. The lowest BCUT2D eigenvalue weighted by Gasteiger charge is -2.21. The van der Waals surface area contributed by atoms with Gasteiger partial charge >= 0.3 is 0 Å². The standard InChI is InChI=1S/C14H20N2O3/c1-2-18-14-11(6-5-8-15-14)10-16-13(17)12-7-3-4-9-19-12/h5-6,8,12H,2-4,7,9-10H2,1H3,(H,16,17). The first-order chi connectivity index (χ1) is 9.31. The summed E-state index contributed by atoms with van der Waals surface area (Å²) in [5, 5.41) is 2.88. The number of carbonyl (C=O) groups is 1. The van der Waals surface area contributed by atoms with E-state index in [1.165, 1.54) is 0 Å². The summed E-state index contributed by atoms with van der Waals surface area (Å²) in [6.45, 7) is 3.56. The molecule has 1 aliphatic heterocycles. The van der Waals surface area contributed by atoms with E-state index in [-0.39, 0.29) is 12.0 Å². The molecule has 1 fully saturated rings. The minimum atomic E-state index is -0.305. The van der Waals surface area contributed by atoms with Crippen molar-refractivity contribution in [2.45, 2.75) is 38.8 Å². The van der Waals surface area contributed by atoms with Gasteiger partial charge in [0.1, 0.15) is 6.10 Å². The van der Waals surface area contributed by atoms with Gasteiger partial charge in [-0.1, -0.05) is 6.07 Å². The van der Waals surface area contributed by atoms with E-state index < -0.39 is 0 Å². The molecule has 1 aromatic rings. The number of ether oxygens (including phenoxy) is 2. The molecule has 2 rings (SSSR count). The second-order valence-electron chi connectivity index (χ2n) is 4.47. The molecule has 104 valence electrons. The van der Waals surface area contributed by atoms with Gasteiger partial charge in [-0.2, -0.15) is 0 Å². The Morgan fingerprint density at radius 2 is 2.47 bits per heavy atom. The van der Waals surface area contributed by atoms with E-state index >= 15 is 0 Å². The number of aromatic nitrogens is 1. The molecule has 1 amide bonds. The monoisotopic (exact) mass is 264 g/mol. The lowest BCUT2D eigenvalue weighted by molar-refractivity contribution is -0.135. The third kappa shape index (κ3) is 3.92. The number of rotatable bonds is 5. The topological polar surface area (TPSA) is 60.5 Å². The fourth-order valence-corrected chi connectivity index (χ4v) is 2.07. The van der Waals surface area contributed by atoms with Crippen LogP contribution in [0, 0.1) is 0 Å². The molecule has 5 nitrogen and oxygen atoms in total. The van der Waals surface area contributed by atoms with Crippen molar-refractivity contribution in [3.8, 4) is 5.88 Å². The highest BCUT2D eigenvalue weighted by atomic mass is 16.5. The molecule has 0 radical (unpaired) electrons. The van der Waals surface area contributed by atoms with E-state index in [0.29, 0.717) is 25.6 Å². The molecule has 0 bridgehead atoms. The van der Waals surface area contributed by atoms with E-state index in [1.807, 2.05) is 19.1 Å². The van der Waals surface area contributed by atoms with Gasteiger partial charge in [0.25, 0.3) is 0 Å². The quantitative estimate of drug-likeness (QED) is 0.878. The molecule has 1 unspecified atom stereocenters. The van der Waals surface area contributed by atoms with Crippen LogP contribution in [0.2, 0.25) is 0 Å². The summed E-state index contributed by atoms with van der Waals surface area (Å²) in [4.78, 5) is 16.1. The van der Waals surface area contributed by atoms with Crippen LogP contribution in [0.5, 0.6) is 5.88 Å². The molecule has 19 heavy (non-hydrogen) atoms. The minimum absolute atomic E-state index is 0.0500. The minimum Gasteiger partial charge on any atom is -0.478 e. The highest BCUT2D eigenvalue weighted by Crippen LogP contribution is 2.15. The third-order valence-corrected chi connectivity index (χ3v) is 3.06. The van der Waals surface area contributed by atoms with Gasteiger partial charge in [-0.25, -0.2) is 4.98 Å². The van der Waals surface area contributed by atoms with E-state index in [4.69, 9.17) is 9.47 Å². The first-order valence-corrected chi connectivity index (χ1v) is 6.77. The van der Waals surface area contributed by atoms with Crippen LogP contribution in [0.25, 0.3) is 0 Å². The Kier molecular flexibility index (Phi) is 5.15. The van der Waals surface area contributed by atoms with Crippen LogP contribution in [0.4, 0.5) is 0 Å². The van der Waals surface area contributed by atoms with Crippen molar-refractivity contribution in [2.24, 2.45) is 0 Å². The zero-order valence-electron chi connectivity index (χ0n) is 11.2. The number of nitrogens with one attached hydrogen (secondary N) is 1. The summed E-state index contributed by atoms with van der Waals surface area (Å²) < 4.78 is 10.9. The van der Waals surface area contributed by atoms with Crippen molar-refractivity contribution in [2.75, 3.05) is 13.2 Å². The van der Waals surface area contributed by atoms with Crippen molar-refractivity contribution in [3.05, 3.63) is 23.9 Å². The smallest absolute Gasteiger partial charge is 0.249 e. The number of hydrogen-bond donors (Lipinski definition) is 1. The van der Waals surface area contributed by atoms with Crippen molar-refractivity contribution >= 4 is 5.91 Å². The van der Waals surface area contributed by atoms with Gasteiger partial charge in [0.05, 0.1) is 6.61 Å². The Bertz CT molecular complexity index is 417. The summed E-state index contributed by atoms with van der Waals surface area (Å²) in [6.07, 6.45) is 4.27. The zero-order chi connectivity index (χ0) is 13.5. The van der Waals surface area contributed by atoms with Crippen LogP contribution in [-0.4, -0.2) is 30.2 Å². The molecule has 1 atom stereocenters. The predicted molar refractivity (Wildman–Crippen MR) is 70.8 cm³/mol. The summed E-state index contributed by atoms with van der Waals surface area (Å²) in [6, 6.07) is 3.74. The SMILES string of the molecule is CCOc1ncccc1CNC(=O)C1CCCCO1. The summed E-state index contributed by atoms with van der Waals surface area (Å²) in [7, 11) is 0. The average molecular weight is 264 g/mol. The van der Waals surface area contributed by atoms with Crippen LogP contribution >= 0.6 is 0 Å². The predicted octanol–water partition coefficient (Wildman–Crippen LogP) is 1.67. The van der Waals surface area contributed by atoms with Crippen molar-refractivity contribution < 1.29 is 14.3 Å². The van der Waals surface area contributed by atoms with Crippen molar-refractivity contribution in [1.82, 2.24) is 10.3 Å². The fourth-order valence-electron chi connectivity index (χ4n) is 2.07. The Labute approximate surface area is 113 Å². The molecule has 1 aliphatic rings. The largest absolute Gasteiger partial charge is 0.478 e. The van der Waals surface area contributed by atoms with Gasteiger partial charge in [0.2, 0.25) is 11.8 Å². The molecule has 0 aliphatic carbocycles. The van der Waals surface area contributed by atoms with Crippen LogP contribution in [0.3, 0.4) is 0 Å². The molecule has 0 aromatic carbocycles. The molecule has 1 saturated heterocycles. The van der Waals surface area contributed by atoms with Crippen molar-refractivity contribution in [3.63, 3.8) is 0 Å². The van der Waals surface area contributed by atoms with Gasteiger partial charge in [-0.15, -0.1) is 0 Å². The number of hydrogen-bond acceptors (Lipinski definition) is 4. The van der Waals surface area contributed by atoms with Crippen LogP contribution < -0.4 is 10.1 Å². The van der Waals surface area contributed by atoms with E-state index in [1.54, 1.807) is 6.20 Å². The van der Waals surface area contributed by atoms with Gasteiger partial charge in [0, 0.05) is 24.9 Å². The maximum absolute atomic E-state index is 11.9. The number of nitrogens with zero attached hydrogens (tertiary/aromatic N) is 1. The third-order valence-electron chi connectivity index (χ3n) is 3.06. The normalized spacial score (nSPS) is 18.9. The van der Waals surface area contributed by atoms with Gasteiger partial charge in [-0.05, 0) is 32.3 Å². The Morgan fingerprint density at radius 3 is 3.21 bits per heavy atom. The molecule has 0 saturated carbocycles. The fraction of sp³-hybridized carbons (Fsp3) is 0.571. The average Bonchev–Trinajstić information content (AvgIpc) is 2.47. The lowest BCUT2D eigenvalue weighted by Crippen LogP contribution is -2.38. The van der Waals surface area contributed by atoms with Gasteiger partial charge in [-0.3, -0.25) is 4.79 Å². The van der Waals surface area contributed by atoms with Crippen LogP contribution in [0.15, 0.2) is 18.3 Å². The molecular weight excluding hydrogens is 244 g/mol. The van der Waals surface area contributed by atoms with Crippen LogP contribution in [0.1, 0.15) is 31.7 Å². The number of carbonyl (C=O) groups excluding carboxylic acids is 1. The van der Waals surface area contributed by atoms with E-state index in [9.17, 15) is 4.79 Å². The molecule has 0 spiro atoms. The molecule has 1 N–H and O–H groups in total. The molecule has 2 heterocycles. The second kappa shape index (κ2) is 7.09. The summed E-state index contributed by atoms with van der Waals surface area (Å²) in [5.74, 6) is 0.529. The molecule has 1 aromatic heterocycles. The molecule has 5 heteroatoms. The van der Waals surface area contributed by atoms with Crippen LogP contribution in [-0.2, 0) is 16.1 Å². The second-order valence-corrected chi connectivity index (χ2v) is 4.47. The highest BCUT2D eigenvalue weighted by Gasteiger charge is 2.21. The Balaban J connectivity index is 1.89. The Morgan fingerprint density at radius 1 is 1.58 bits per heavy atom. The highest BCUT2D eigenvalue weighted by molar-refractivity contribution is 5.80. The maximum Gasteiger partial charge on any atom is 0.249 e. The number of amides is 1. The van der Waals surface area contributed by atoms with Gasteiger partial charge < -0.3 is 14.8 Å². The van der Waals surface area contributed by atoms with Gasteiger partial charge in [0.15, 0.2) is 0 Å². The first kappa shape index (κ1) is 13.8. The lowest BCUT2D eigenvalue weighted by atomic mass is 10.1. The van der Waals surface area contributed by atoms with E-state index in [0.717, 1.165) is 24.8 Å². The van der Waals surface area contributed by atoms with Crippen molar-refractivity contribution in [1.29, 1.82) is 0 Å². The Hall–Kier alpha value is -1.62. The summed E-state index contributed by atoms with van der Waals surface area (Å²) in [5.41, 5.74) is 0.883. The summed E-state index contributed by atoms with van der Waals surface area (Å²) >= 11 is 0. The maximum atomic E-state index is 11.9. The van der Waals surface area contributed by atoms with E-state index in [2.05, 4.69) is 10.3 Å². The number of pyridine rings is 1.